The average molecular weight is 403 g/mol. The number of rotatable bonds is 14. The Morgan fingerprint density at radius 3 is 1.92 bits per heavy atom. The van der Waals surface area contributed by atoms with Crippen LogP contribution in [0.4, 0.5) is 4.79 Å². The third-order valence-corrected chi connectivity index (χ3v) is 11.3. The fraction of sp³-hybridized carbons (Fsp3) is 0.667. The van der Waals surface area contributed by atoms with Crippen LogP contribution in [0.3, 0.4) is 0 Å². The van der Waals surface area contributed by atoms with Gasteiger partial charge in [-0.3, -0.25) is 4.79 Å². The van der Waals surface area contributed by atoms with E-state index in [1.54, 1.807) is 0 Å². The molecule has 0 aromatic heterocycles. The molecule has 0 heterocycles. The maximum Gasteiger partial charge on any atom is 0.513 e. The van der Waals surface area contributed by atoms with E-state index >= 15 is 0 Å². The topological polar surface area (TPSA) is 71.1 Å². The van der Waals surface area contributed by atoms with E-state index in [-0.39, 0.29) is 5.97 Å². The third-order valence-electron chi connectivity index (χ3n) is 3.75. The maximum atomic E-state index is 11.3. The zero-order valence-electron chi connectivity index (χ0n) is 16.7. The second kappa shape index (κ2) is 12.9. The minimum Gasteiger partial charge on any atom is -0.455 e. The molecule has 0 amide bonds. The van der Waals surface area contributed by atoms with Gasteiger partial charge in [-0.2, -0.15) is 0 Å². The van der Waals surface area contributed by atoms with Crippen LogP contribution in [-0.2, 0) is 23.1 Å². The van der Waals surface area contributed by atoms with Crippen molar-refractivity contribution in [3.05, 3.63) is 25.7 Å². The van der Waals surface area contributed by atoms with Crippen LogP contribution in [-0.4, -0.2) is 35.4 Å². The fourth-order valence-electron chi connectivity index (χ4n) is 2.73. The summed E-state index contributed by atoms with van der Waals surface area (Å²) in [6.07, 6.45) is 5.47. The molecule has 0 aromatic carbocycles. The lowest BCUT2D eigenvalue weighted by molar-refractivity contribution is -0.138. The molecule has 0 aliphatic rings. The van der Waals surface area contributed by atoms with Gasteiger partial charge in [0.2, 0.25) is 0 Å². The molecule has 26 heavy (non-hydrogen) atoms. The van der Waals surface area contributed by atoms with E-state index in [2.05, 4.69) is 44.1 Å². The van der Waals surface area contributed by atoms with Crippen LogP contribution in [0.5, 0.6) is 0 Å². The molecule has 0 radical (unpaired) electrons. The molecule has 0 rings (SSSR count). The standard InChI is InChI=1S/C18H34O6Si2/c1-7-21-17(19)13-9-11-15-25(3,4)24-26(5,6)16-12-10-14-23-18(20)22-8-2/h7-8H,1-2,9-16H2,3-6H3. The van der Waals surface area contributed by atoms with E-state index in [4.69, 9.17) is 13.6 Å². The molecule has 8 heteroatoms. The van der Waals surface area contributed by atoms with Crippen molar-refractivity contribution in [1.29, 1.82) is 0 Å². The van der Waals surface area contributed by atoms with E-state index in [9.17, 15) is 9.59 Å². The van der Waals surface area contributed by atoms with Crippen LogP contribution in [0.1, 0.15) is 32.1 Å². The van der Waals surface area contributed by atoms with Gasteiger partial charge in [-0.1, -0.05) is 26.0 Å². The first-order valence-electron chi connectivity index (χ1n) is 9.07. The third kappa shape index (κ3) is 13.9. The van der Waals surface area contributed by atoms with Gasteiger partial charge in [0, 0.05) is 6.42 Å². The van der Waals surface area contributed by atoms with Gasteiger partial charge >= 0.3 is 12.1 Å². The number of carbonyl (C=O) groups is 2. The molecule has 0 N–H and O–H groups in total. The lowest BCUT2D eigenvalue weighted by Crippen LogP contribution is -2.44. The summed E-state index contributed by atoms with van der Waals surface area (Å²) in [6, 6.07) is 2.05. The highest BCUT2D eigenvalue weighted by atomic mass is 28.4. The first-order chi connectivity index (χ1) is 12.1. The van der Waals surface area contributed by atoms with Crippen LogP contribution in [0.25, 0.3) is 0 Å². The summed E-state index contributed by atoms with van der Waals surface area (Å²) in [4.78, 5) is 22.3. The molecule has 0 aliphatic carbocycles. The molecule has 0 aromatic rings. The Kier molecular flexibility index (Phi) is 12.2. The van der Waals surface area contributed by atoms with E-state index in [1.165, 1.54) is 6.26 Å². The molecule has 0 spiro atoms. The van der Waals surface area contributed by atoms with Gasteiger partial charge in [0.25, 0.3) is 0 Å². The number of carbonyl (C=O) groups excluding carboxylic acids is 2. The number of hydrogen-bond donors (Lipinski definition) is 0. The van der Waals surface area contributed by atoms with Gasteiger partial charge in [0.05, 0.1) is 19.1 Å². The van der Waals surface area contributed by atoms with Crippen LogP contribution in [0.2, 0.25) is 38.3 Å². The monoisotopic (exact) mass is 402 g/mol. The van der Waals surface area contributed by atoms with Crippen molar-refractivity contribution in [2.75, 3.05) is 6.61 Å². The predicted molar refractivity (Wildman–Crippen MR) is 108 cm³/mol. The first kappa shape index (κ1) is 24.6. The molecule has 0 unspecified atom stereocenters. The Hall–Kier alpha value is -1.39. The largest absolute Gasteiger partial charge is 0.513 e. The predicted octanol–water partition coefficient (Wildman–Crippen LogP) is 5.35. The molecule has 0 atom stereocenters. The van der Waals surface area contributed by atoms with Gasteiger partial charge in [0.1, 0.15) is 0 Å². The number of hydrogen-bond acceptors (Lipinski definition) is 6. The minimum atomic E-state index is -1.76. The molecule has 150 valence electrons. The van der Waals surface area contributed by atoms with Crippen LogP contribution in [0.15, 0.2) is 25.7 Å². The second-order valence-corrected chi connectivity index (χ2v) is 16.2. The lowest BCUT2D eigenvalue weighted by Gasteiger charge is -2.34. The molecule has 6 nitrogen and oxygen atoms in total. The number of esters is 1. The molecular formula is C18H34O6Si2. The molecule has 0 saturated heterocycles. The van der Waals surface area contributed by atoms with Gasteiger partial charge in [-0.05, 0) is 51.1 Å². The molecule has 0 saturated carbocycles. The Bertz CT molecular complexity index is 463. The van der Waals surface area contributed by atoms with Crippen LogP contribution in [0, 0.1) is 0 Å². The highest BCUT2D eigenvalue weighted by Crippen LogP contribution is 2.25. The number of ether oxygens (including phenoxy) is 3. The van der Waals surface area contributed by atoms with Gasteiger partial charge < -0.3 is 18.3 Å². The van der Waals surface area contributed by atoms with Crippen molar-refractivity contribution < 1.29 is 27.9 Å². The normalized spacial score (nSPS) is 11.5. The summed E-state index contributed by atoms with van der Waals surface area (Å²) in [6.45, 7) is 16.0. The Morgan fingerprint density at radius 1 is 0.846 bits per heavy atom. The second-order valence-electron chi connectivity index (χ2n) is 7.33. The van der Waals surface area contributed by atoms with E-state index in [1.807, 2.05) is 0 Å². The summed E-state index contributed by atoms with van der Waals surface area (Å²) in [5.41, 5.74) is 0. The van der Waals surface area contributed by atoms with Crippen LogP contribution >= 0.6 is 0 Å². The molecule has 0 aliphatic heterocycles. The highest BCUT2D eigenvalue weighted by Gasteiger charge is 2.32. The summed E-state index contributed by atoms with van der Waals surface area (Å²) in [7, 11) is -3.51. The molecular weight excluding hydrogens is 368 g/mol. The van der Waals surface area contributed by atoms with Crippen LogP contribution < -0.4 is 0 Å². The Morgan fingerprint density at radius 2 is 1.38 bits per heavy atom. The Balaban J connectivity index is 4.01. The summed E-state index contributed by atoms with van der Waals surface area (Å²) in [5.74, 6) is -0.228. The van der Waals surface area contributed by atoms with Gasteiger partial charge in [-0.15, -0.1) is 0 Å². The van der Waals surface area contributed by atoms with Gasteiger partial charge in [0.15, 0.2) is 16.6 Å². The van der Waals surface area contributed by atoms with Crippen molar-refractivity contribution in [2.24, 2.45) is 0 Å². The smallest absolute Gasteiger partial charge is 0.455 e. The minimum absolute atomic E-state index is 0.228. The molecule has 0 bridgehead atoms. The van der Waals surface area contributed by atoms with E-state index in [0.29, 0.717) is 13.0 Å². The quantitative estimate of drug-likeness (QED) is 0.169. The first-order valence-corrected chi connectivity index (χ1v) is 15.3. The van der Waals surface area contributed by atoms with Crippen molar-refractivity contribution in [3.63, 3.8) is 0 Å². The molecule has 0 fully saturated rings. The SMILES string of the molecule is C=COC(=O)CCCC[Si](C)(C)O[Si](C)(C)CCCCOC(=O)OC=C. The summed E-state index contributed by atoms with van der Waals surface area (Å²) in [5, 5.41) is 0. The highest BCUT2D eigenvalue weighted by molar-refractivity contribution is 6.84. The van der Waals surface area contributed by atoms with Crippen molar-refractivity contribution in [2.45, 2.75) is 70.4 Å². The number of unbranched alkanes of at least 4 members (excludes halogenated alkanes) is 2. The fourth-order valence-corrected chi connectivity index (χ4v) is 11.7. The van der Waals surface area contributed by atoms with Gasteiger partial charge in [-0.25, -0.2) is 4.79 Å². The Labute approximate surface area is 159 Å². The maximum absolute atomic E-state index is 11.3. The zero-order chi connectivity index (χ0) is 20.1. The van der Waals surface area contributed by atoms with Crippen molar-refractivity contribution in [1.82, 2.24) is 0 Å². The van der Waals surface area contributed by atoms with Crippen molar-refractivity contribution >= 4 is 28.8 Å². The summed E-state index contributed by atoms with van der Waals surface area (Å²) >= 11 is 0. The average Bonchev–Trinajstić information content (AvgIpc) is 2.50. The van der Waals surface area contributed by atoms with E-state index in [0.717, 1.165) is 44.0 Å². The van der Waals surface area contributed by atoms with E-state index < -0.39 is 22.8 Å². The summed E-state index contributed by atoms with van der Waals surface area (Å²) < 4.78 is 20.7. The zero-order valence-corrected chi connectivity index (χ0v) is 18.7. The lowest BCUT2D eigenvalue weighted by atomic mass is 10.2. The van der Waals surface area contributed by atoms with Crippen molar-refractivity contribution in [3.8, 4) is 0 Å².